The van der Waals surface area contributed by atoms with Crippen LogP contribution in [-0.2, 0) is 0 Å². The molecule has 88 valence electrons. The summed E-state index contributed by atoms with van der Waals surface area (Å²) in [5.74, 6) is 0.165. The molecular weight excluding hydrogens is 208 g/mol. The monoisotopic (exact) mass is 226 g/mol. The molecule has 0 heterocycles. The summed E-state index contributed by atoms with van der Waals surface area (Å²) in [4.78, 5) is 0. The van der Waals surface area contributed by atoms with Gasteiger partial charge in [0.15, 0.2) is 0 Å². The van der Waals surface area contributed by atoms with Gasteiger partial charge in [0.25, 0.3) is 0 Å². The molecule has 1 heteroatoms. The fourth-order valence-electron chi connectivity index (χ4n) is 2.22. The highest BCUT2D eigenvalue weighted by atomic mass is 16.3. The van der Waals surface area contributed by atoms with Crippen LogP contribution in [0.4, 0.5) is 0 Å². The fourth-order valence-corrected chi connectivity index (χ4v) is 2.22. The van der Waals surface area contributed by atoms with E-state index in [-0.39, 0.29) is 5.92 Å². The zero-order chi connectivity index (χ0) is 12.1. The highest BCUT2D eigenvalue weighted by molar-refractivity contribution is 5.26. The van der Waals surface area contributed by atoms with E-state index in [1.54, 1.807) is 0 Å². The average molecular weight is 226 g/mol. The van der Waals surface area contributed by atoms with Crippen LogP contribution in [0, 0.1) is 0 Å². The average Bonchev–Trinajstić information content (AvgIpc) is 2.42. The van der Waals surface area contributed by atoms with Gasteiger partial charge in [0, 0.05) is 5.92 Å². The highest BCUT2D eigenvalue weighted by Gasteiger charge is 2.20. The highest BCUT2D eigenvalue weighted by Crippen LogP contribution is 2.33. The molecule has 0 bridgehead atoms. The van der Waals surface area contributed by atoms with Crippen molar-refractivity contribution in [1.82, 2.24) is 0 Å². The van der Waals surface area contributed by atoms with Crippen LogP contribution in [0.1, 0.15) is 36.5 Å². The van der Waals surface area contributed by atoms with E-state index >= 15 is 0 Å². The molecule has 2 atom stereocenters. The van der Waals surface area contributed by atoms with Crippen molar-refractivity contribution in [2.45, 2.75) is 25.4 Å². The predicted octanol–water partition coefficient (Wildman–Crippen LogP) is 3.91. The zero-order valence-electron chi connectivity index (χ0n) is 10.1. The van der Waals surface area contributed by atoms with Crippen molar-refractivity contribution >= 4 is 0 Å². The lowest BCUT2D eigenvalue weighted by atomic mass is 9.87. The SMILES string of the molecule is CC[C@H](c1ccccc1)[C@@H](O)c1ccccc1. The molecule has 2 rings (SSSR count). The first kappa shape index (κ1) is 11.9. The Morgan fingerprint density at radius 3 is 1.76 bits per heavy atom. The Labute approximate surface area is 103 Å². The Kier molecular flexibility index (Phi) is 3.94. The van der Waals surface area contributed by atoms with E-state index in [1.807, 2.05) is 48.5 Å². The largest absolute Gasteiger partial charge is 0.388 e. The van der Waals surface area contributed by atoms with Crippen LogP contribution in [0.2, 0.25) is 0 Å². The summed E-state index contributed by atoms with van der Waals surface area (Å²) in [5, 5.41) is 10.4. The molecule has 0 aliphatic carbocycles. The van der Waals surface area contributed by atoms with Gasteiger partial charge < -0.3 is 5.11 Å². The number of aliphatic hydroxyl groups is 1. The third kappa shape index (κ3) is 2.75. The number of aliphatic hydroxyl groups excluding tert-OH is 1. The van der Waals surface area contributed by atoms with Crippen LogP contribution >= 0.6 is 0 Å². The maximum Gasteiger partial charge on any atom is 0.0858 e. The normalized spacial score (nSPS) is 14.2. The van der Waals surface area contributed by atoms with Gasteiger partial charge in [0.05, 0.1) is 6.10 Å². The molecule has 0 aliphatic heterocycles. The summed E-state index contributed by atoms with van der Waals surface area (Å²) in [7, 11) is 0. The van der Waals surface area contributed by atoms with Crippen molar-refractivity contribution in [3.8, 4) is 0 Å². The number of hydrogen-bond acceptors (Lipinski definition) is 1. The van der Waals surface area contributed by atoms with Crippen molar-refractivity contribution in [3.05, 3.63) is 71.8 Å². The number of hydrogen-bond donors (Lipinski definition) is 1. The van der Waals surface area contributed by atoms with Crippen LogP contribution in [0.25, 0.3) is 0 Å². The Hall–Kier alpha value is -1.60. The second-order valence-electron chi connectivity index (χ2n) is 4.28. The third-order valence-electron chi connectivity index (χ3n) is 3.19. The predicted molar refractivity (Wildman–Crippen MR) is 70.9 cm³/mol. The molecule has 1 N–H and O–H groups in total. The zero-order valence-corrected chi connectivity index (χ0v) is 10.1. The summed E-state index contributed by atoms with van der Waals surface area (Å²) in [6.45, 7) is 2.11. The van der Waals surface area contributed by atoms with Crippen molar-refractivity contribution in [2.75, 3.05) is 0 Å². The van der Waals surface area contributed by atoms with Crippen molar-refractivity contribution in [2.24, 2.45) is 0 Å². The summed E-state index contributed by atoms with van der Waals surface area (Å²) >= 11 is 0. The topological polar surface area (TPSA) is 20.2 Å². The van der Waals surface area contributed by atoms with E-state index in [2.05, 4.69) is 19.1 Å². The Morgan fingerprint density at radius 1 is 0.824 bits per heavy atom. The third-order valence-corrected chi connectivity index (χ3v) is 3.19. The maximum atomic E-state index is 10.4. The van der Waals surface area contributed by atoms with Crippen LogP contribution < -0.4 is 0 Å². The molecule has 0 radical (unpaired) electrons. The molecule has 1 nitrogen and oxygen atoms in total. The molecule has 0 unspecified atom stereocenters. The van der Waals surface area contributed by atoms with Gasteiger partial charge in [-0.2, -0.15) is 0 Å². The van der Waals surface area contributed by atoms with E-state index in [9.17, 15) is 5.11 Å². The first-order valence-corrected chi connectivity index (χ1v) is 6.11. The second-order valence-corrected chi connectivity index (χ2v) is 4.28. The first-order valence-electron chi connectivity index (χ1n) is 6.11. The van der Waals surface area contributed by atoms with E-state index < -0.39 is 6.10 Å². The fraction of sp³-hybridized carbons (Fsp3) is 0.250. The first-order chi connectivity index (χ1) is 8.33. The van der Waals surface area contributed by atoms with E-state index in [0.29, 0.717) is 0 Å². The van der Waals surface area contributed by atoms with Crippen LogP contribution in [-0.4, -0.2) is 5.11 Å². The van der Waals surface area contributed by atoms with Gasteiger partial charge in [0.2, 0.25) is 0 Å². The lowest BCUT2D eigenvalue weighted by molar-refractivity contribution is 0.142. The molecule has 0 saturated carbocycles. The molecule has 0 aliphatic rings. The summed E-state index contributed by atoms with van der Waals surface area (Å²) in [6, 6.07) is 20.1. The van der Waals surface area contributed by atoms with Crippen molar-refractivity contribution in [3.63, 3.8) is 0 Å². The second kappa shape index (κ2) is 5.65. The van der Waals surface area contributed by atoms with Crippen molar-refractivity contribution < 1.29 is 5.11 Å². The van der Waals surface area contributed by atoms with Gasteiger partial charge in [-0.15, -0.1) is 0 Å². The minimum Gasteiger partial charge on any atom is -0.388 e. The molecule has 0 saturated heterocycles. The van der Waals surface area contributed by atoms with Gasteiger partial charge >= 0.3 is 0 Å². The Morgan fingerprint density at radius 2 is 1.29 bits per heavy atom. The Balaban J connectivity index is 2.25. The smallest absolute Gasteiger partial charge is 0.0858 e. The van der Waals surface area contributed by atoms with Crippen LogP contribution in [0.15, 0.2) is 60.7 Å². The van der Waals surface area contributed by atoms with Gasteiger partial charge in [-0.3, -0.25) is 0 Å². The van der Waals surface area contributed by atoms with Gasteiger partial charge in [-0.05, 0) is 17.5 Å². The Bertz CT molecular complexity index is 436. The van der Waals surface area contributed by atoms with Crippen LogP contribution in [0.5, 0.6) is 0 Å². The molecule has 0 fully saturated rings. The lowest BCUT2D eigenvalue weighted by Gasteiger charge is -2.22. The molecule has 0 aromatic heterocycles. The van der Waals surface area contributed by atoms with Gasteiger partial charge in [-0.1, -0.05) is 67.6 Å². The molecule has 0 amide bonds. The molecule has 2 aromatic carbocycles. The van der Waals surface area contributed by atoms with E-state index in [1.165, 1.54) is 5.56 Å². The summed E-state index contributed by atoms with van der Waals surface area (Å²) in [6.07, 6.45) is 0.503. The number of benzene rings is 2. The molecule has 17 heavy (non-hydrogen) atoms. The van der Waals surface area contributed by atoms with E-state index in [4.69, 9.17) is 0 Å². The minimum absolute atomic E-state index is 0.165. The maximum absolute atomic E-state index is 10.4. The quantitative estimate of drug-likeness (QED) is 0.838. The van der Waals surface area contributed by atoms with Gasteiger partial charge in [0.1, 0.15) is 0 Å². The minimum atomic E-state index is -0.427. The van der Waals surface area contributed by atoms with E-state index in [0.717, 1.165) is 12.0 Å². The van der Waals surface area contributed by atoms with Crippen molar-refractivity contribution in [1.29, 1.82) is 0 Å². The molecule has 2 aromatic rings. The van der Waals surface area contributed by atoms with Gasteiger partial charge in [-0.25, -0.2) is 0 Å². The van der Waals surface area contributed by atoms with Crippen LogP contribution in [0.3, 0.4) is 0 Å². The number of rotatable bonds is 4. The lowest BCUT2D eigenvalue weighted by Crippen LogP contribution is -2.10. The molecule has 0 spiro atoms. The standard InChI is InChI=1S/C16H18O/c1-2-15(13-9-5-3-6-10-13)16(17)14-11-7-4-8-12-14/h3-12,15-17H,2H2,1H3/t15-,16+/m1/s1. The summed E-state index contributed by atoms with van der Waals surface area (Å²) < 4.78 is 0. The molecular formula is C16H18O. The summed E-state index contributed by atoms with van der Waals surface area (Å²) in [5.41, 5.74) is 2.19.